The highest BCUT2D eigenvalue weighted by atomic mass is 16.6. The molecule has 0 bridgehead atoms. The average molecular weight is 409 g/mol. The number of hydrogen-bond donors (Lipinski definition) is 0. The van der Waals surface area contributed by atoms with Gasteiger partial charge in [-0.2, -0.15) is 0 Å². The maximum Gasteiger partial charge on any atom is 0.420 e. The second-order valence-electron chi connectivity index (χ2n) is 7.25. The highest BCUT2D eigenvalue weighted by Crippen LogP contribution is 2.23. The first-order valence-electron chi connectivity index (χ1n) is 9.59. The fraction of sp³-hybridized carbons (Fsp3) is 0.286. The number of Topliss-reactive ketones (excluding diaryl/α,β-unsaturated/α-hetero) is 1. The van der Waals surface area contributed by atoms with Gasteiger partial charge in [-0.15, -0.1) is 0 Å². The quantitative estimate of drug-likeness (QED) is 0.363. The molecule has 0 spiro atoms. The molecule has 3 aromatic rings. The van der Waals surface area contributed by atoms with E-state index in [1.165, 1.54) is 22.8 Å². The van der Waals surface area contributed by atoms with E-state index in [0.29, 0.717) is 37.0 Å². The molecule has 1 amide bonds. The van der Waals surface area contributed by atoms with Crippen molar-refractivity contribution in [3.8, 4) is 0 Å². The summed E-state index contributed by atoms with van der Waals surface area (Å²) < 4.78 is 6.23. The Morgan fingerprint density at radius 2 is 1.80 bits per heavy atom. The van der Waals surface area contributed by atoms with E-state index >= 15 is 0 Å². The summed E-state index contributed by atoms with van der Waals surface area (Å²) in [5, 5.41) is 10.9. The lowest BCUT2D eigenvalue weighted by atomic mass is 9.89. The Bertz CT molecular complexity index is 1170. The van der Waals surface area contributed by atoms with Crippen molar-refractivity contribution in [1.29, 1.82) is 0 Å². The minimum absolute atomic E-state index is 0.0640. The van der Waals surface area contributed by atoms with Crippen molar-refractivity contribution >= 4 is 28.5 Å². The number of carbonyl (C=O) groups is 2. The van der Waals surface area contributed by atoms with Crippen LogP contribution >= 0.6 is 0 Å². The molecule has 1 aromatic heterocycles. The molecule has 0 radical (unpaired) electrons. The molecule has 0 aliphatic carbocycles. The lowest BCUT2D eigenvalue weighted by Gasteiger charge is -2.31. The van der Waals surface area contributed by atoms with Gasteiger partial charge in [-0.3, -0.25) is 24.3 Å². The molecule has 0 N–H and O–H groups in total. The third kappa shape index (κ3) is 3.73. The fourth-order valence-electron chi connectivity index (χ4n) is 3.78. The summed E-state index contributed by atoms with van der Waals surface area (Å²) in [6, 6.07) is 12.9. The Hall–Kier alpha value is -3.75. The first kappa shape index (κ1) is 19.6. The van der Waals surface area contributed by atoms with Crippen molar-refractivity contribution in [2.75, 3.05) is 13.1 Å². The Kier molecular flexibility index (Phi) is 5.18. The molecule has 4 rings (SSSR count). The van der Waals surface area contributed by atoms with Crippen LogP contribution in [0.4, 0.5) is 5.69 Å². The SMILES string of the molecule is O=C(c1ccccc1)C1CCN(C(=O)Cn2c(=O)oc3cc([N+](=O)[O-])ccc32)CC1. The third-order valence-corrected chi connectivity index (χ3v) is 5.43. The van der Waals surface area contributed by atoms with Gasteiger partial charge in [0.2, 0.25) is 5.91 Å². The summed E-state index contributed by atoms with van der Waals surface area (Å²) in [7, 11) is 0. The summed E-state index contributed by atoms with van der Waals surface area (Å²) in [5.74, 6) is -1.05. The van der Waals surface area contributed by atoms with Crippen LogP contribution in [0.15, 0.2) is 57.7 Å². The highest BCUT2D eigenvalue weighted by molar-refractivity contribution is 5.98. The van der Waals surface area contributed by atoms with Gasteiger partial charge >= 0.3 is 5.76 Å². The van der Waals surface area contributed by atoms with Gasteiger partial charge in [0.15, 0.2) is 11.4 Å². The van der Waals surface area contributed by atoms with Crippen LogP contribution in [0.3, 0.4) is 0 Å². The molecule has 30 heavy (non-hydrogen) atoms. The van der Waals surface area contributed by atoms with Gasteiger partial charge in [-0.05, 0) is 18.9 Å². The molecular formula is C21H19N3O6. The number of non-ortho nitro benzene ring substituents is 1. The van der Waals surface area contributed by atoms with E-state index in [2.05, 4.69) is 0 Å². The van der Waals surface area contributed by atoms with Gasteiger partial charge in [-0.25, -0.2) is 4.79 Å². The molecule has 1 fully saturated rings. The molecule has 0 unspecified atom stereocenters. The number of carbonyl (C=O) groups excluding carboxylic acids is 2. The second-order valence-corrected chi connectivity index (χ2v) is 7.25. The smallest absolute Gasteiger partial charge is 0.407 e. The summed E-state index contributed by atoms with van der Waals surface area (Å²) >= 11 is 0. The Morgan fingerprint density at radius 1 is 1.10 bits per heavy atom. The predicted molar refractivity (Wildman–Crippen MR) is 107 cm³/mol. The van der Waals surface area contributed by atoms with E-state index in [-0.39, 0.29) is 35.4 Å². The monoisotopic (exact) mass is 409 g/mol. The number of rotatable bonds is 5. The molecule has 2 aromatic carbocycles. The number of oxazole rings is 1. The van der Waals surface area contributed by atoms with Gasteiger partial charge < -0.3 is 9.32 Å². The van der Waals surface area contributed by atoms with Crippen LogP contribution in [0.5, 0.6) is 0 Å². The van der Waals surface area contributed by atoms with Crippen LogP contribution in [0.2, 0.25) is 0 Å². The summed E-state index contributed by atoms with van der Waals surface area (Å²) in [5.41, 5.74) is 0.870. The first-order valence-corrected chi connectivity index (χ1v) is 9.59. The molecule has 2 heterocycles. The van der Waals surface area contributed by atoms with Gasteiger partial charge in [0, 0.05) is 30.6 Å². The van der Waals surface area contributed by atoms with E-state index < -0.39 is 10.7 Å². The lowest BCUT2D eigenvalue weighted by Crippen LogP contribution is -2.42. The molecule has 9 heteroatoms. The van der Waals surface area contributed by atoms with E-state index in [1.54, 1.807) is 17.0 Å². The minimum atomic E-state index is -0.743. The summed E-state index contributed by atoms with van der Waals surface area (Å²) in [4.78, 5) is 49.4. The van der Waals surface area contributed by atoms with Crippen LogP contribution in [0.25, 0.3) is 11.1 Å². The second kappa shape index (κ2) is 7.94. The number of amides is 1. The number of nitrogens with zero attached hydrogens (tertiary/aromatic N) is 3. The van der Waals surface area contributed by atoms with Crippen molar-refractivity contribution in [1.82, 2.24) is 9.47 Å². The number of hydrogen-bond acceptors (Lipinski definition) is 6. The van der Waals surface area contributed by atoms with Crippen molar-refractivity contribution in [2.24, 2.45) is 5.92 Å². The van der Waals surface area contributed by atoms with E-state index in [0.717, 1.165) is 0 Å². The largest absolute Gasteiger partial charge is 0.420 e. The van der Waals surface area contributed by atoms with Crippen molar-refractivity contribution in [3.63, 3.8) is 0 Å². The van der Waals surface area contributed by atoms with E-state index in [4.69, 9.17) is 4.42 Å². The molecular weight excluding hydrogens is 390 g/mol. The van der Waals surface area contributed by atoms with E-state index in [1.807, 2.05) is 18.2 Å². The van der Waals surface area contributed by atoms with Crippen molar-refractivity contribution in [2.45, 2.75) is 19.4 Å². The van der Waals surface area contributed by atoms with Crippen LogP contribution in [0.1, 0.15) is 23.2 Å². The maximum absolute atomic E-state index is 12.7. The number of nitro groups is 1. The van der Waals surface area contributed by atoms with Crippen LogP contribution in [-0.4, -0.2) is 39.2 Å². The van der Waals surface area contributed by atoms with Gasteiger partial charge in [-0.1, -0.05) is 30.3 Å². The molecule has 154 valence electrons. The zero-order valence-corrected chi connectivity index (χ0v) is 16.0. The molecule has 1 aliphatic rings. The fourth-order valence-corrected chi connectivity index (χ4v) is 3.78. The van der Waals surface area contributed by atoms with Gasteiger partial charge in [0.05, 0.1) is 16.5 Å². The molecule has 1 aliphatic heterocycles. The normalized spacial score (nSPS) is 14.7. The van der Waals surface area contributed by atoms with Crippen LogP contribution in [-0.2, 0) is 11.3 Å². The summed E-state index contributed by atoms with van der Waals surface area (Å²) in [6.45, 7) is 0.636. The number of ketones is 1. The summed E-state index contributed by atoms with van der Waals surface area (Å²) in [6.07, 6.45) is 1.12. The van der Waals surface area contributed by atoms with Crippen molar-refractivity contribution in [3.05, 3.63) is 74.8 Å². The molecule has 0 saturated carbocycles. The number of benzene rings is 2. The number of aromatic nitrogens is 1. The highest BCUT2D eigenvalue weighted by Gasteiger charge is 2.28. The minimum Gasteiger partial charge on any atom is -0.407 e. The first-order chi connectivity index (χ1) is 14.4. The average Bonchev–Trinajstić information content (AvgIpc) is 3.08. The molecule has 9 nitrogen and oxygen atoms in total. The Balaban J connectivity index is 1.43. The number of fused-ring (bicyclic) bond motifs is 1. The van der Waals surface area contributed by atoms with Crippen molar-refractivity contribution < 1.29 is 18.9 Å². The zero-order valence-electron chi connectivity index (χ0n) is 16.0. The van der Waals surface area contributed by atoms with Gasteiger partial charge in [0.25, 0.3) is 5.69 Å². The van der Waals surface area contributed by atoms with Crippen LogP contribution in [0, 0.1) is 16.0 Å². The molecule has 0 atom stereocenters. The number of piperidine rings is 1. The topological polar surface area (TPSA) is 116 Å². The van der Waals surface area contributed by atoms with Crippen LogP contribution < -0.4 is 5.76 Å². The standard InChI is InChI=1S/C21H19N3O6/c25-19(13-23-17-7-6-16(24(28)29)12-18(17)30-21(23)27)22-10-8-15(9-11-22)20(26)14-4-2-1-3-5-14/h1-7,12,15H,8-11,13H2. The lowest BCUT2D eigenvalue weighted by molar-refractivity contribution is -0.384. The Morgan fingerprint density at radius 3 is 2.47 bits per heavy atom. The maximum atomic E-state index is 12.7. The number of likely N-dealkylation sites (tertiary alicyclic amines) is 1. The van der Waals surface area contributed by atoms with Gasteiger partial charge in [0.1, 0.15) is 6.54 Å². The number of nitro benzene ring substituents is 1. The zero-order chi connectivity index (χ0) is 21.3. The molecule has 1 saturated heterocycles. The third-order valence-electron chi connectivity index (χ3n) is 5.43. The predicted octanol–water partition coefficient (Wildman–Crippen LogP) is 2.62. The van der Waals surface area contributed by atoms with E-state index in [9.17, 15) is 24.5 Å². The Labute approximate surface area is 170 Å².